The van der Waals surface area contributed by atoms with Crippen molar-refractivity contribution in [3.05, 3.63) is 30.2 Å². The van der Waals surface area contributed by atoms with Crippen molar-refractivity contribution in [3.63, 3.8) is 0 Å². The zero-order valence-corrected chi connectivity index (χ0v) is 13.7. The van der Waals surface area contributed by atoms with Crippen LogP contribution in [-0.2, 0) is 6.54 Å². The third-order valence-corrected chi connectivity index (χ3v) is 3.31. The number of fused-ring (bicyclic) bond motifs is 1. The van der Waals surface area contributed by atoms with Gasteiger partial charge in [0.2, 0.25) is 5.88 Å². The van der Waals surface area contributed by atoms with Crippen LogP contribution in [0.1, 0.15) is 19.5 Å². The Balaban J connectivity index is 1.98. The predicted molar refractivity (Wildman–Crippen MR) is 89.1 cm³/mol. The number of carbonyl (C=O) groups excluding carboxylic acids is 1. The van der Waals surface area contributed by atoms with E-state index in [1.807, 2.05) is 26.1 Å². The van der Waals surface area contributed by atoms with Gasteiger partial charge in [0.1, 0.15) is 5.82 Å². The van der Waals surface area contributed by atoms with Gasteiger partial charge in [0, 0.05) is 24.5 Å². The number of anilines is 1. The largest absolute Gasteiger partial charge is 0.479 e. The molecule has 9 heteroatoms. The van der Waals surface area contributed by atoms with Gasteiger partial charge in [0.15, 0.2) is 0 Å². The summed E-state index contributed by atoms with van der Waals surface area (Å²) in [7, 11) is 1.55. The third-order valence-electron chi connectivity index (χ3n) is 3.31. The van der Waals surface area contributed by atoms with Crippen LogP contribution in [0.4, 0.5) is 10.6 Å². The summed E-state index contributed by atoms with van der Waals surface area (Å²) < 4.78 is 7.03. The zero-order valence-electron chi connectivity index (χ0n) is 13.7. The number of nitrogens with one attached hydrogen (secondary N) is 3. The van der Waals surface area contributed by atoms with Crippen molar-refractivity contribution in [1.82, 2.24) is 30.3 Å². The number of rotatable bonds is 5. The van der Waals surface area contributed by atoms with Crippen LogP contribution in [-0.4, -0.2) is 44.1 Å². The molecule has 2 amide bonds. The number of methoxy groups -OCH3 is 1. The van der Waals surface area contributed by atoms with E-state index in [0.29, 0.717) is 23.9 Å². The average molecular weight is 329 g/mol. The lowest BCUT2D eigenvalue weighted by Crippen LogP contribution is -2.34. The number of aromatic nitrogens is 5. The lowest BCUT2D eigenvalue weighted by Gasteiger charge is -2.11. The Bertz CT molecular complexity index is 839. The van der Waals surface area contributed by atoms with Gasteiger partial charge in [-0.1, -0.05) is 0 Å². The Kier molecular flexibility index (Phi) is 4.32. The summed E-state index contributed by atoms with van der Waals surface area (Å²) in [5.41, 5.74) is 1.42. The molecule has 24 heavy (non-hydrogen) atoms. The fourth-order valence-corrected chi connectivity index (χ4v) is 2.38. The van der Waals surface area contributed by atoms with Crippen molar-refractivity contribution >= 4 is 22.8 Å². The fraction of sp³-hybridized carbons (Fsp3) is 0.333. The Morgan fingerprint density at radius 1 is 1.46 bits per heavy atom. The van der Waals surface area contributed by atoms with E-state index in [-0.39, 0.29) is 12.1 Å². The van der Waals surface area contributed by atoms with Crippen LogP contribution in [0.2, 0.25) is 0 Å². The molecule has 3 rings (SSSR count). The zero-order chi connectivity index (χ0) is 17.1. The molecule has 3 aromatic rings. The summed E-state index contributed by atoms with van der Waals surface area (Å²) in [5, 5.41) is 17.5. The molecule has 0 spiro atoms. The second kappa shape index (κ2) is 6.57. The molecule has 0 unspecified atom stereocenters. The van der Waals surface area contributed by atoms with Crippen LogP contribution in [0.15, 0.2) is 24.5 Å². The molecule has 0 aliphatic carbocycles. The van der Waals surface area contributed by atoms with Crippen molar-refractivity contribution in [2.24, 2.45) is 0 Å². The number of hydrogen-bond donors (Lipinski definition) is 3. The molecule has 0 bridgehead atoms. The summed E-state index contributed by atoms with van der Waals surface area (Å²) >= 11 is 0. The molecular formula is C15H19N7O2. The molecule has 0 aliphatic rings. The first-order valence-electron chi connectivity index (χ1n) is 7.53. The van der Waals surface area contributed by atoms with Gasteiger partial charge in [0.05, 0.1) is 30.3 Å². The molecule has 3 N–H and O–H groups in total. The van der Waals surface area contributed by atoms with E-state index in [9.17, 15) is 4.79 Å². The van der Waals surface area contributed by atoms with E-state index in [1.54, 1.807) is 24.1 Å². The Hall–Kier alpha value is -3.10. The molecule has 0 atom stereocenters. The predicted octanol–water partition coefficient (Wildman–Crippen LogP) is 1.74. The normalized spacial score (nSPS) is 11.0. The number of hydrogen-bond acceptors (Lipinski definition) is 5. The molecule has 3 heterocycles. The van der Waals surface area contributed by atoms with Gasteiger partial charge < -0.3 is 10.1 Å². The Morgan fingerprint density at radius 3 is 2.96 bits per heavy atom. The molecule has 9 nitrogen and oxygen atoms in total. The second-order valence-electron chi connectivity index (χ2n) is 5.57. The van der Waals surface area contributed by atoms with Crippen LogP contribution in [0, 0.1) is 0 Å². The first kappa shape index (κ1) is 15.8. The summed E-state index contributed by atoms with van der Waals surface area (Å²) in [6.07, 6.45) is 3.54. The van der Waals surface area contributed by atoms with Crippen LogP contribution in [0.25, 0.3) is 10.9 Å². The monoisotopic (exact) mass is 329 g/mol. The first-order valence-corrected chi connectivity index (χ1v) is 7.53. The molecule has 0 fully saturated rings. The van der Waals surface area contributed by atoms with Crippen molar-refractivity contribution in [3.8, 4) is 5.88 Å². The van der Waals surface area contributed by atoms with E-state index in [4.69, 9.17) is 4.74 Å². The smallest absolute Gasteiger partial charge is 0.320 e. The molecular weight excluding hydrogens is 310 g/mol. The SMILES string of the molecule is COc1n[nH]c2cc(NC(=O)NC(C)C)nc(Cn3cccn3)c12. The Labute approximate surface area is 138 Å². The van der Waals surface area contributed by atoms with Crippen molar-refractivity contribution in [2.45, 2.75) is 26.4 Å². The quantitative estimate of drug-likeness (QED) is 0.660. The topological polar surface area (TPSA) is 110 Å². The summed E-state index contributed by atoms with van der Waals surface area (Å²) in [6, 6.07) is 3.28. The summed E-state index contributed by atoms with van der Waals surface area (Å²) in [4.78, 5) is 16.4. The number of urea groups is 1. The van der Waals surface area contributed by atoms with Crippen molar-refractivity contribution in [1.29, 1.82) is 0 Å². The molecule has 0 aromatic carbocycles. The summed E-state index contributed by atoms with van der Waals surface area (Å²) in [5.74, 6) is 0.881. The van der Waals surface area contributed by atoms with Gasteiger partial charge in [-0.3, -0.25) is 15.1 Å². The van der Waals surface area contributed by atoms with E-state index >= 15 is 0 Å². The number of H-pyrrole nitrogens is 1. The highest BCUT2D eigenvalue weighted by Gasteiger charge is 2.16. The van der Waals surface area contributed by atoms with Gasteiger partial charge in [-0.15, -0.1) is 5.10 Å². The van der Waals surface area contributed by atoms with Gasteiger partial charge in [0.25, 0.3) is 0 Å². The average Bonchev–Trinajstić information content (AvgIpc) is 3.15. The third kappa shape index (κ3) is 3.29. The van der Waals surface area contributed by atoms with Gasteiger partial charge in [-0.25, -0.2) is 9.78 Å². The standard InChI is InChI=1S/C15H19N7O2/c1-9(2)17-15(23)19-12-7-10-13(14(24-3)21-20-10)11(18-12)8-22-6-4-5-16-22/h4-7,9H,8H2,1-3H3,(H,20,21)(H2,17,18,19,23). The number of ether oxygens (including phenoxy) is 1. The van der Waals surface area contributed by atoms with Crippen LogP contribution >= 0.6 is 0 Å². The van der Waals surface area contributed by atoms with Gasteiger partial charge >= 0.3 is 6.03 Å². The van der Waals surface area contributed by atoms with Crippen LogP contribution < -0.4 is 15.4 Å². The van der Waals surface area contributed by atoms with E-state index in [1.165, 1.54) is 0 Å². The van der Waals surface area contributed by atoms with E-state index in [2.05, 4.69) is 30.9 Å². The van der Waals surface area contributed by atoms with Gasteiger partial charge in [-0.2, -0.15) is 5.10 Å². The minimum Gasteiger partial charge on any atom is -0.479 e. The van der Waals surface area contributed by atoms with E-state index < -0.39 is 0 Å². The maximum Gasteiger partial charge on any atom is 0.320 e. The highest BCUT2D eigenvalue weighted by atomic mass is 16.5. The highest BCUT2D eigenvalue weighted by Crippen LogP contribution is 2.27. The number of amides is 2. The summed E-state index contributed by atoms with van der Waals surface area (Å²) in [6.45, 7) is 4.21. The molecule has 0 aliphatic heterocycles. The Morgan fingerprint density at radius 2 is 2.29 bits per heavy atom. The van der Waals surface area contributed by atoms with Crippen molar-refractivity contribution in [2.75, 3.05) is 12.4 Å². The first-order chi connectivity index (χ1) is 11.6. The molecule has 3 aromatic heterocycles. The number of nitrogens with zero attached hydrogens (tertiary/aromatic N) is 4. The maximum absolute atomic E-state index is 11.9. The molecule has 0 saturated carbocycles. The minimum absolute atomic E-state index is 0.0320. The maximum atomic E-state index is 11.9. The minimum atomic E-state index is -0.312. The number of aromatic amines is 1. The van der Waals surface area contributed by atoms with Crippen LogP contribution in [0.3, 0.4) is 0 Å². The van der Waals surface area contributed by atoms with Crippen molar-refractivity contribution < 1.29 is 9.53 Å². The molecule has 126 valence electrons. The molecule has 0 saturated heterocycles. The second-order valence-corrected chi connectivity index (χ2v) is 5.57. The van der Waals surface area contributed by atoms with Gasteiger partial charge in [-0.05, 0) is 19.9 Å². The lowest BCUT2D eigenvalue weighted by molar-refractivity contribution is 0.250. The fourth-order valence-electron chi connectivity index (χ4n) is 2.38. The van der Waals surface area contributed by atoms with Crippen LogP contribution in [0.5, 0.6) is 5.88 Å². The highest BCUT2D eigenvalue weighted by molar-refractivity contribution is 5.93. The van der Waals surface area contributed by atoms with E-state index in [0.717, 1.165) is 10.9 Å². The lowest BCUT2D eigenvalue weighted by atomic mass is 10.2. The number of pyridine rings is 1. The number of carbonyl (C=O) groups is 1. The molecule has 0 radical (unpaired) electrons.